The summed E-state index contributed by atoms with van der Waals surface area (Å²) >= 11 is 7.94. The van der Waals surface area contributed by atoms with Crippen molar-refractivity contribution in [3.8, 4) is 0 Å². The van der Waals surface area contributed by atoms with Crippen LogP contribution in [0.15, 0.2) is 94.5 Å². The van der Waals surface area contributed by atoms with Gasteiger partial charge in [-0.05, 0) is 36.4 Å². The van der Waals surface area contributed by atoms with Crippen molar-refractivity contribution in [2.24, 2.45) is 10.1 Å². The van der Waals surface area contributed by atoms with Crippen molar-refractivity contribution in [3.63, 3.8) is 0 Å². The number of thioether (sulfide) groups is 1. The van der Waals surface area contributed by atoms with Crippen LogP contribution in [-0.2, 0) is 9.53 Å². The first-order valence-electron chi connectivity index (χ1n) is 11.1. The minimum Gasteiger partial charge on any atom is -0.379 e. The Hall–Kier alpha value is -3.24. The minimum absolute atomic E-state index is 0.109. The molecule has 1 aromatic rings. The van der Waals surface area contributed by atoms with Crippen LogP contribution in [0.2, 0.25) is 5.02 Å². The second-order valence-corrected chi connectivity index (χ2v) is 9.60. The molecule has 0 saturated carbocycles. The largest absolute Gasteiger partial charge is 0.379 e. The van der Waals surface area contributed by atoms with Crippen LogP contribution in [0.4, 0.5) is 10.1 Å². The van der Waals surface area contributed by atoms with E-state index in [9.17, 15) is 9.18 Å². The average Bonchev–Trinajstić information content (AvgIpc) is 2.84. The SMILES string of the molecule is C=C(F)/C=C\C(=C)SC1=NN2C=NC(=C)C(c3ccc(NC(=O)CN4CCOCC4)cc3Cl)=C2C=C1. The van der Waals surface area contributed by atoms with Gasteiger partial charge in [0.05, 0.1) is 36.2 Å². The number of anilines is 1. The summed E-state index contributed by atoms with van der Waals surface area (Å²) < 4.78 is 18.2. The number of hydrogen-bond acceptors (Lipinski definition) is 7. The summed E-state index contributed by atoms with van der Waals surface area (Å²) in [5.41, 5.74) is 3.34. The van der Waals surface area contributed by atoms with Gasteiger partial charge in [0.2, 0.25) is 5.91 Å². The van der Waals surface area contributed by atoms with Gasteiger partial charge < -0.3 is 10.1 Å². The molecular weight excluding hydrogens is 501 g/mol. The number of carbonyl (C=O) groups excluding carboxylic acids is 1. The number of nitrogens with one attached hydrogen (secondary N) is 1. The van der Waals surface area contributed by atoms with Crippen LogP contribution in [0.3, 0.4) is 0 Å². The maximum absolute atomic E-state index is 12.9. The fourth-order valence-electron chi connectivity index (χ4n) is 3.70. The van der Waals surface area contributed by atoms with Crippen molar-refractivity contribution in [3.05, 3.63) is 95.0 Å². The Labute approximate surface area is 218 Å². The molecule has 3 aliphatic rings. The standard InChI is InChI=1S/C26H25ClFN5O2S/c1-17(28)4-5-18(2)36-25-9-8-23-26(19(3)29-16-33(23)31-25)21-7-6-20(14-22(21)27)30-24(34)15-32-10-12-35-13-11-32/h4-9,14,16H,1-3,10-13,15H2,(H,30,34)/b5-4-. The van der Waals surface area contributed by atoms with Crippen LogP contribution in [0.1, 0.15) is 5.56 Å². The molecule has 0 radical (unpaired) electrons. The highest BCUT2D eigenvalue weighted by atomic mass is 35.5. The van der Waals surface area contributed by atoms with Crippen LogP contribution in [-0.4, -0.2) is 60.0 Å². The van der Waals surface area contributed by atoms with Crippen molar-refractivity contribution >= 4 is 51.9 Å². The lowest BCUT2D eigenvalue weighted by Crippen LogP contribution is -2.41. The molecule has 7 nitrogen and oxygen atoms in total. The third kappa shape index (κ3) is 6.50. The van der Waals surface area contributed by atoms with Crippen molar-refractivity contribution < 1.29 is 13.9 Å². The average molecular weight is 526 g/mol. The number of amides is 1. The molecule has 0 atom stereocenters. The molecule has 0 spiro atoms. The van der Waals surface area contributed by atoms with E-state index in [2.05, 4.69) is 35.1 Å². The lowest BCUT2D eigenvalue weighted by Gasteiger charge is -2.27. The molecule has 3 heterocycles. The van der Waals surface area contributed by atoms with Gasteiger partial charge in [-0.1, -0.05) is 49.2 Å². The topological polar surface area (TPSA) is 69.5 Å². The summed E-state index contributed by atoms with van der Waals surface area (Å²) in [6.07, 6.45) is 8.07. The third-order valence-electron chi connectivity index (χ3n) is 5.38. The van der Waals surface area contributed by atoms with E-state index in [-0.39, 0.29) is 5.91 Å². The number of morpholine rings is 1. The number of ether oxygens (including phenoxy) is 1. The first kappa shape index (κ1) is 25.8. The number of halogens is 2. The number of allylic oxidation sites excluding steroid dienone is 5. The molecule has 4 rings (SSSR count). The number of fused-ring (bicyclic) bond motifs is 1. The van der Waals surface area contributed by atoms with Gasteiger partial charge in [0, 0.05) is 34.8 Å². The maximum atomic E-state index is 12.9. The molecular formula is C26H25ClFN5O2S. The Kier molecular flexibility index (Phi) is 8.37. The van der Waals surface area contributed by atoms with Crippen LogP contribution in [0, 0.1) is 0 Å². The van der Waals surface area contributed by atoms with E-state index in [0.717, 1.165) is 29.9 Å². The van der Waals surface area contributed by atoms with Crippen molar-refractivity contribution in [1.29, 1.82) is 0 Å². The molecule has 0 unspecified atom stereocenters. The zero-order valence-electron chi connectivity index (χ0n) is 19.5. The molecule has 0 aromatic heterocycles. The highest BCUT2D eigenvalue weighted by Gasteiger charge is 2.24. The molecule has 1 saturated heterocycles. The highest BCUT2D eigenvalue weighted by Crippen LogP contribution is 2.38. The number of nitrogens with zero attached hydrogens (tertiary/aromatic N) is 4. The molecule has 3 aliphatic heterocycles. The second-order valence-electron chi connectivity index (χ2n) is 8.05. The van der Waals surface area contributed by atoms with Crippen LogP contribution in [0.25, 0.3) is 5.57 Å². The zero-order valence-corrected chi connectivity index (χ0v) is 21.1. The molecule has 0 bridgehead atoms. The summed E-state index contributed by atoms with van der Waals surface area (Å²) in [7, 11) is 0. The molecule has 1 aromatic carbocycles. The van der Waals surface area contributed by atoms with Gasteiger partial charge in [0.25, 0.3) is 0 Å². The Balaban J connectivity index is 1.49. The Morgan fingerprint density at radius 3 is 2.75 bits per heavy atom. The fourth-order valence-corrected chi connectivity index (χ4v) is 4.65. The molecule has 10 heteroatoms. The van der Waals surface area contributed by atoms with E-state index in [1.54, 1.807) is 23.5 Å². The van der Waals surface area contributed by atoms with Crippen LogP contribution in [0.5, 0.6) is 0 Å². The predicted octanol–water partition coefficient (Wildman–Crippen LogP) is 5.35. The zero-order chi connectivity index (χ0) is 25.7. The Bertz CT molecular complexity index is 1260. The van der Waals surface area contributed by atoms with Crippen molar-refractivity contribution in [1.82, 2.24) is 9.91 Å². The second kappa shape index (κ2) is 11.7. The molecule has 36 heavy (non-hydrogen) atoms. The first-order valence-corrected chi connectivity index (χ1v) is 12.3. The normalized spacial score (nSPS) is 17.9. The van der Waals surface area contributed by atoms with Gasteiger partial charge in [-0.2, -0.15) is 5.10 Å². The van der Waals surface area contributed by atoms with E-state index in [1.165, 1.54) is 23.9 Å². The van der Waals surface area contributed by atoms with Gasteiger partial charge in [0.1, 0.15) is 17.2 Å². The van der Waals surface area contributed by atoms with E-state index in [1.807, 2.05) is 23.1 Å². The van der Waals surface area contributed by atoms with Crippen LogP contribution >= 0.6 is 23.4 Å². The van der Waals surface area contributed by atoms with E-state index < -0.39 is 5.83 Å². The summed E-state index contributed by atoms with van der Waals surface area (Å²) in [4.78, 5) is 19.5. The van der Waals surface area contributed by atoms with E-state index in [4.69, 9.17) is 16.3 Å². The predicted molar refractivity (Wildman–Crippen MR) is 146 cm³/mol. The first-order chi connectivity index (χ1) is 17.3. The number of carbonyl (C=O) groups is 1. The number of hydrazone groups is 1. The van der Waals surface area contributed by atoms with E-state index >= 15 is 0 Å². The van der Waals surface area contributed by atoms with Crippen LogP contribution < -0.4 is 5.32 Å². The van der Waals surface area contributed by atoms with Gasteiger partial charge in [0.15, 0.2) is 0 Å². The summed E-state index contributed by atoms with van der Waals surface area (Å²) in [6.45, 7) is 14.2. The summed E-state index contributed by atoms with van der Waals surface area (Å²) in [6, 6.07) is 5.34. The monoisotopic (exact) mass is 525 g/mol. The van der Waals surface area contributed by atoms with E-state index in [0.29, 0.717) is 46.1 Å². The number of rotatable bonds is 7. The van der Waals surface area contributed by atoms with Crippen molar-refractivity contribution in [2.75, 3.05) is 38.2 Å². The molecule has 1 N–H and O–H groups in total. The number of hydrogen-bond donors (Lipinski definition) is 1. The van der Waals surface area contributed by atoms with Gasteiger partial charge in [-0.3, -0.25) is 9.69 Å². The molecule has 186 valence electrons. The quantitative estimate of drug-likeness (QED) is 0.486. The maximum Gasteiger partial charge on any atom is 0.238 e. The highest BCUT2D eigenvalue weighted by molar-refractivity contribution is 8.17. The third-order valence-corrected chi connectivity index (χ3v) is 6.52. The molecule has 1 fully saturated rings. The lowest BCUT2D eigenvalue weighted by molar-refractivity contribution is -0.118. The van der Waals surface area contributed by atoms with Gasteiger partial charge in [-0.25, -0.2) is 14.4 Å². The Morgan fingerprint density at radius 1 is 1.25 bits per heavy atom. The van der Waals surface area contributed by atoms with Gasteiger partial charge in [-0.15, -0.1) is 0 Å². The van der Waals surface area contributed by atoms with Crippen molar-refractivity contribution in [2.45, 2.75) is 0 Å². The number of aliphatic imine (C=N–C) groups is 1. The minimum atomic E-state index is -0.547. The number of benzene rings is 1. The summed E-state index contributed by atoms with van der Waals surface area (Å²) in [5.74, 6) is -0.656. The molecule has 0 aliphatic carbocycles. The molecule has 1 amide bonds. The Morgan fingerprint density at radius 2 is 2.03 bits per heavy atom. The fraction of sp³-hybridized carbons (Fsp3) is 0.192. The summed E-state index contributed by atoms with van der Waals surface area (Å²) in [5, 5.41) is 10.2. The smallest absolute Gasteiger partial charge is 0.238 e. The lowest BCUT2D eigenvalue weighted by atomic mass is 9.99. The van der Waals surface area contributed by atoms with Gasteiger partial charge >= 0.3 is 0 Å².